The normalized spacial score (nSPS) is 11.8. The van der Waals surface area contributed by atoms with Gasteiger partial charge >= 0.3 is 0 Å². The number of nitrogens with zero attached hydrogens (tertiary/aromatic N) is 2. The van der Waals surface area contributed by atoms with Crippen LogP contribution in [-0.2, 0) is 0 Å². The fourth-order valence-electron chi connectivity index (χ4n) is 5.35. The number of aromatic nitrogens is 2. The van der Waals surface area contributed by atoms with E-state index >= 15 is 0 Å². The number of imidazole rings is 1. The lowest BCUT2D eigenvalue weighted by Gasteiger charge is -2.20. The topological polar surface area (TPSA) is 18.0 Å². The third-order valence-electron chi connectivity index (χ3n) is 7.34. The van der Waals surface area contributed by atoms with Crippen molar-refractivity contribution in [2.45, 2.75) is 79.1 Å². The van der Waals surface area contributed by atoms with Crippen LogP contribution in [0.1, 0.15) is 101 Å². The summed E-state index contributed by atoms with van der Waals surface area (Å²) in [5.74, 6) is 3.65. The van der Waals surface area contributed by atoms with E-state index in [0.717, 1.165) is 17.1 Å². The quantitative estimate of drug-likeness (QED) is 0.223. The molecule has 0 bridgehead atoms. The molecule has 4 aromatic rings. The predicted molar refractivity (Wildman–Crippen MR) is 156 cm³/mol. The van der Waals surface area contributed by atoms with Crippen LogP contribution in [0, 0.1) is 0 Å². The van der Waals surface area contributed by atoms with Crippen molar-refractivity contribution in [2.24, 2.45) is 0 Å². The van der Waals surface area contributed by atoms with E-state index in [0.29, 0.717) is 23.7 Å². The Balaban J connectivity index is 2.14. The fourth-order valence-corrected chi connectivity index (χ4v) is 5.35. The van der Waals surface area contributed by atoms with Crippen LogP contribution in [0.4, 0.5) is 0 Å². The van der Waals surface area contributed by atoms with Crippen LogP contribution in [0.25, 0.3) is 22.8 Å². The molecule has 3 nitrogen and oxygen atoms in total. The minimum absolute atomic E-state index is 0.405. The second-order valence-electron chi connectivity index (χ2n) is 11.3. The van der Waals surface area contributed by atoms with Crippen LogP contribution in [0.2, 0.25) is 0 Å². The molecule has 0 N–H and O–H groups in total. The lowest BCUT2D eigenvalue weighted by molar-refractivity contribution is -0.584. The summed E-state index contributed by atoms with van der Waals surface area (Å²) in [4.78, 5) is 0. The number of benzene rings is 3. The molecule has 0 unspecified atom stereocenters. The third kappa shape index (κ3) is 5.09. The monoisotopic (exact) mass is 495 g/mol. The van der Waals surface area contributed by atoms with Gasteiger partial charge in [0.15, 0.2) is 0 Å². The van der Waals surface area contributed by atoms with Crippen molar-refractivity contribution in [3.05, 3.63) is 95.3 Å². The lowest BCUT2D eigenvalue weighted by Crippen LogP contribution is -2.35. The summed E-state index contributed by atoms with van der Waals surface area (Å²) in [6, 6.07) is 22.1. The zero-order chi connectivity index (χ0) is 26.9. The van der Waals surface area contributed by atoms with E-state index in [1.807, 2.05) is 0 Å². The Kier molecular flexibility index (Phi) is 7.92. The van der Waals surface area contributed by atoms with Crippen LogP contribution in [0.3, 0.4) is 0 Å². The highest BCUT2D eigenvalue weighted by atomic mass is 16.5. The van der Waals surface area contributed by atoms with Gasteiger partial charge in [-0.1, -0.05) is 91.8 Å². The zero-order valence-electron chi connectivity index (χ0n) is 24.0. The number of hydrogen-bond donors (Lipinski definition) is 0. The predicted octanol–water partition coefficient (Wildman–Crippen LogP) is 8.92. The maximum atomic E-state index is 5.50. The molecule has 0 saturated carbocycles. The maximum absolute atomic E-state index is 5.50. The van der Waals surface area contributed by atoms with Crippen molar-refractivity contribution >= 4 is 0 Å². The molecule has 0 aliphatic heterocycles. The second-order valence-corrected chi connectivity index (χ2v) is 11.3. The summed E-state index contributed by atoms with van der Waals surface area (Å²) in [5.41, 5.74) is 9.22. The molecular weight excluding hydrogens is 452 g/mol. The van der Waals surface area contributed by atoms with Gasteiger partial charge < -0.3 is 4.74 Å². The third-order valence-corrected chi connectivity index (χ3v) is 7.34. The molecule has 1 aromatic heterocycles. The summed E-state index contributed by atoms with van der Waals surface area (Å²) in [6.07, 6.45) is 4.52. The zero-order valence-corrected chi connectivity index (χ0v) is 24.0. The van der Waals surface area contributed by atoms with Gasteiger partial charge in [-0.2, -0.15) is 9.13 Å². The van der Waals surface area contributed by atoms with Crippen molar-refractivity contribution in [3.63, 3.8) is 0 Å². The Morgan fingerprint density at radius 1 is 0.622 bits per heavy atom. The number of methoxy groups -OCH3 is 1. The van der Waals surface area contributed by atoms with E-state index in [1.54, 1.807) is 7.11 Å². The first-order valence-electron chi connectivity index (χ1n) is 13.7. The van der Waals surface area contributed by atoms with Crippen LogP contribution >= 0.6 is 0 Å². The summed E-state index contributed by atoms with van der Waals surface area (Å²) in [6.45, 7) is 18.3. The molecule has 1 heterocycles. The van der Waals surface area contributed by atoms with Gasteiger partial charge in [-0.15, -0.1) is 0 Å². The average molecular weight is 496 g/mol. The molecule has 0 aliphatic carbocycles. The van der Waals surface area contributed by atoms with Gasteiger partial charge in [0.05, 0.1) is 12.7 Å². The minimum Gasteiger partial charge on any atom is -0.497 e. The highest BCUT2D eigenvalue weighted by Crippen LogP contribution is 2.36. The lowest BCUT2D eigenvalue weighted by atomic mass is 9.92. The fraction of sp³-hybridized carbons (Fsp3) is 0.382. The Morgan fingerprint density at radius 3 is 1.51 bits per heavy atom. The summed E-state index contributed by atoms with van der Waals surface area (Å²) >= 11 is 0. The molecule has 4 rings (SSSR count). The Bertz CT molecular complexity index is 1220. The van der Waals surface area contributed by atoms with Gasteiger partial charge in [0.2, 0.25) is 0 Å². The molecule has 0 aliphatic rings. The van der Waals surface area contributed by atoms with Crippen LogP contribution in [-0.4, -0.2) is 11.7 Å². The molecule has 194 valence electrons. The largest absolute Gasteiger partial charge is 0.497 e. The van der Waals surface area contributed by atoms with Gasteiger partial charge in [0.1, 0.15) is 29.5 Å². The number of hydrogen-bond acceptors (Lipinski definition) is 1. The SMILES string of the molecule is COc1ccc(-c2n(-c3c(C(C)C)cccc3C(C)C)cc[n+]2-c2c(C(C)C)cccc2C(C)C)cc1. The van der Waals surface area contributed by atoms with Crippen molar-refractivity contribution in [2.75, 3.05) is 7.11 Å². The Hall–Kier alpha value is -3.33. The van der Waals surface area contributed by atoms with Crippen molar-refractivity contribution in [3.8, 4) is 28.5 Å². The first-order chi connectivity index (χ1) is 17.6. The Morgan fingerprint density at radius 2 is 1.08 bits per heavy atom. The number of rotatable bonds is 8. The van der Waals surface area contributed by atoms with Gasteiger partial charge in [-0.05, 0) is 47.9 Å². The molecule has 0 radical (unpaired) electrons. The van der Waals surface area contributed by atoms with Crippen molar-refractivity contribution in [1.82, 2.24) is 4.57 Å². The van der Waals surface area contributed by atoms with E-state index in [4.69, 9.17) is 4.74 Å². The standard InChI is InChI=1S/C34H43N2O/c1-22(2)28-12-10-13-29(23(3)4)32(28)35-20-21-36(34(35)26-16-18-27(37-9)19-17-26)33-30(24(5)6)14-11-15-31(33)25(7)8/h10-25H,1-9H3/q+1. The highest BCUT2D eigenvalue weighted by molar-refractivity contribution is 5.62. The highest BCUT2D eigenvalue weighted by Gasteiger charge is 2.30. The van der Waals surface area contributed by atoms with E-state index < -0.39 is 0 Å². The van der Waals surface area contributed by atoms with E-state index in [2.05, 4.69) is 138 Å². The van der Waals surface area contributed by atoms with Crippen LogP contribution in [0.5, 0.6) is 5.75 Å². The maximum Gasteiger partial charge on any atom is 0.299 e. The van der Waals surface area contributed by atoms with Gasteiger partial charge in [0.25, 0.3) is 5.82 Å². The molecule has 3 aromatic carbocycles. The first kappa shape index (κ1) is 26.7. The smallest absolute Gasteiger partial charge is 0.299 e. The summed E-state index contributed by atoms with van der Waals surface area (Å²) < 4.78 is 10.4. The molecule has 0 amide bonds. The number of para-hydroxylation sites is 2. The molecule has 3 heteroatoms. The second kappa shape index (κ2) is 11.0. The summed E-state index contributed by atoms with van der Waals surface area (Å²) in [7, 11) is 1.72. The summed E-state index contributed by atoms with van der Waals surface area (Å²) in [5, 5.41) is 0. The van der Waals surface area contributed by atoms with Crippen molar-refractivity contribution in [1.29, 1.82) is 0 Å². The van der Waals surface area contributed by atoms with Crippen LogP contribution < -0.4 is 9.30 Å². The van der Waals surface area contributed by atoms with Gasteiger partial charge in [0, 0.05) is 22.3 Å². The molecule has 0 saturated heterocycles. The first-order valence-corrected chi connectivity index (χ1v) is 13.7. The molecule has 37 heavy (non-hydrogen) atoms. The Labute approximate surface area is 223 Å². The number of ether oxygens (including phenoxy) is 1. The van der Waals surface area contributed by atoms with Gasteiger partial charge in [-0.3, -0.25) is 0 Å². The van der Waals surface area contributed by atoms with E-state index in [9.17, 15) is 0 Å². The minimum atomic E-state index is 0.405. The van der Waals surface area contributed by atoms with Crippen LogP contribution in [0.15, 0.2) is 73.1 Å². The van der Waals surface area contributed by atoms with Gasteiger partial charge in [-0.25, -0.2) is 0 Å². The van der Waals surface area contributed by atoms with E-state index in [-0.39, 0.29) is 0 Å². The molecule has 0 atom stereocenters. The molecule has 0 spiro atoms. The molecule has 0 fully saturated rings. The average Bonchev–Trinajstić information content (AvgIpc) is 3.32. The van der Waals surface area contributed by atoms with Crippen molar-refractivity contribution < 1.29 is 9.30 Å². The van der Waals surface area contributed by atoms with E-state index in [1.165, 1.54) is 33.6 Å². The molecular formula is C34H43N2O+.